The molecule has 79 heavy (non-hydrogen) atoms. The number of allylic oxidation sites excluding steroid dienone is 21. The van der Waals surface area contributed by atoms with Gasteiger partial charge in [-0.25, -0.2) is 4.57 Å². The number of phosphoric acid groups is 1. The Balaban J connectivity index is 4.33. The summed E-state index contributed by atoms with van der Waals surface area (Å²) in [6.07, 6.45) is 90.2. The summed E-state index contributed by atoms with van der Waals surface area (Å²) in [5.74, 6) is -0.248. The van der Waals surface area contributed by atoms with Crippen molar-refractivity contribution < 1.29 is 32.9 Å². The van der Waals surface area contributed by atoms with Crippen molar-refractivity contribution in [3.63, 3.8) is 0 Å². The molecule has 3 N–H and O–H groups in total. The molecule has 0 aliphatic carbocycles. The number of carbonyl (C=O) groups excluding carboxylic acids is 1. The minimum absolute atomic E-state index is 0.0377. The first-order chi connectivity index (χ1) is 38.5. The fraction of sp³-hybridized carbons (Fsp3) is 0.671. The maximum Gasteiger partial charge on any atom is 0.472 e. The van der Waals surface area contributed by atoms with Crippen molar-refractivity contribution in [1.29, 1.82) is 0 Å². The molecule has 0 aromatic carbocycles. The van der Waals surface area contributed by atoms with Crippen LogP contribution in [0.15, 0.2) is 134 Å². The third-order valence-corrected chi connectivity index (χ3v) is 14.6. The van der Waals surface area contributed by atoms with E-state index in [4.69, 9.17) is 9.05 Å². The van der Waals surface area contributed by atoms with E-state index in [1.807, 2.05) is 27.2 Å². The van der Waals surface area contributed by atoms with E-state index in [-0.39, 0.29) is 25.5 Å². The maximum absolute atomic E-state index is 13.0. The molecule has 0 spiro atoms. The van der Waals surface area contributed by atoms with Gasteiger partial charge in [-0.1, -0.05) is 282 Å². The Hall–Kier alpha value is -3.36. The predicted octanol–water partition coefficient (Wildman–Crippen LogP) is 20.3. The highest BCUT2D eigenvalue weighted by Gasteiger charge is 2.27. The Labute approximate surface area is 487 Å². The minimum Gasteiger partial charge on any atom is -0.387 e. The highest BCUT2D eigenvalue weighted by Crippen LogP contribution is 2.43. The fourth-order valence-corrected chi connectivity index (χ4v) is 9.38. The molecule has 0 saturated carbocycles. The highest BCUT2D eigenvalue weighted by molar-refractivity contribution is 7.47. The molecule has 0 bridgehead atoms. The Morgan fingerprint density at radius 2 is 0.772 bits per heavy atom. The third kappa shape index (κ3) is 62.1. The second-order valence-electron chi connectivity index (χ2n) is 22.4. The van der Waals surface area contributed by atoms with E-state index in [2.05, 4.69) is 141 Å². The number of unbranched alkanes of at least 4 members (excludes halogenated alkanes) is 24. The summed E-state index contributed by atoms with van der Waals surface area (Å²) in [5, 5.41) is 13.9. The van der Waals surface area contributed by atoms with Gasteiger partial charge in [0.1, 0.15) is 13.2 Å². The molecule has 0 aromatic rings. The van der Waals surface area contributed by atoms with Crippen molar-refractivity contribution in [3.05, 3.63) is 134 Å². The molecular formula is C70H122N2O6P+. The molecule has 0 rings (SSSR count). The van der Waals surface area contributed by atoms with Gasteiger partial charge in [-0.05, 0) is 96.3 Å². The first-order valence-electron chi connectivity index (χ1n) is 32.1. The lowest BCUT2D eigenvalue weighted by Gasteiger charge is -2.25. The summed E-state index contributed by atoms with van der Waals surface area (Å²) in [7, 11) is 1.50. The van der Waals surface area contributed by atoms with E-state index >= 15 is 0 Å². The largest absolute Gasteiger partial charge is 0.472 e. The molecule has 0 aliphatic heterocycles. The topological polar surface area (TPSA) is 105 Å². The second kappa shape index (κ2) is 59.3. The van der Waals surface area contributed by atoms with Crippen LogP contribution < -0.4 is 5.32 Å². The standard InChI is InChI=1S/C70H121N2O6P/c1-6-8-10-12-14-16-18-20-22-24-26-28-30-32-34-36-38-40-42-44-46-48-50-52-54-56-58-60-62-64-70(74)71-68(67-78-79(75,76)77-66-65-72(3,4)5)69(73)63-61-59-57-55-53-51-49-47-45-43-41-39-37-35-33-31-29-27-25-23-21-19-17-15-13-11-9-7-2/h8,10,14,16,20,22,26,28,32,34,38,40,44,46,50,52-53,55-56,58,61,63,68-69,73H,6-7,9,11-13,15,17-19,21,23-25,27,29-31,33,35-37,39,41-43,45,47-49,51,54,57,59-60,62,64-67H2,1-5H3,(H-,71,74,75,76)/p+1/b10-8-,16-14-,22-20-,28-26-,34-32-,40-38-,46-44-,52-50-,55-53+,58-56-,63-61+. The quantitative estimate of drug-likeness (QED) is 0.0243. The Bertz CT molecular complexity index is 1750. The number of carbonyl (C=O) groups is 1. The smallest absolute Gasteiger partial charge is 0.387 e. The lowest BCUT2D eigenvalue weighted by atomic mass is 10.0. The van der Waals surface area contributed by atoms with Crippen LogP contribution in [0.3, 0.4) is 0 Å². The molecule has 3 atom stereocenters. The SMILES string of the molecule is CC/C=C\C/C=C\C/C=C\C/C=C\C/C=C\C/C=C\C/C=C\C/C=C\C/C=C\CCCC(=O)NC(COP(=O)(O)OCC[N+](C)(C)C)C(O)/C=C/CC/C=C/CCCCCCCCCCCCCCCCCCCCCCCC. The predicted molar refractivity (Wildman–Crippen MR) is 345 cm³/mol. The van der Waals surface area contributed by atoms with Crippen LogP contribution in [-0.4, -0.2) is 73.4 Å². The Morgan fingerprint density at radius 1 is 0.443 bits per heavy atom. The molecule has 0 fully saturated rings. The lowest BCUT2D eigenvalue weighted by Crippen LogP contribution is -2.45. The molecule has 3 unspecified atom stereocenters. The average Bonchev–Trinajstić information content (AvgIpc) is 3.42. The van der Waals surface area contributed by atoms with Gasteiger partial charge in [-0.2, -0.15) is 0 Å². The van der Waals surface area contributed by atoms with Crippen LogP contribution in [0, 0.1) is 0 Å². The van der Waals surface area contributed by atoms with Crippen LogP contribution in [0.4, 0.5) is 0 Å². The van der Waals surface area contributed by atoms with Gasteiger partial charge < -0.3 is 19.8 Å². The van der Waals surface area contributed by atoms with E-state index in [1.165, 1.54) is 141 Å². The lowest BCUT2D eigenvalue weighted by molar-refractivity contribution is -0.870. The molecular weight excluding hydrogens is 996 g/mol. The van der Waals surface area contributed by atoms with Crippen LogP contribution in [0.2, 0.25) is 0 Å². The average molecular weight is 1120 g/mol. The van der Waals surface area contributed by atoms with Crippen LogP contribution in [0.25, 0.3) is 0 Å². The number of nitrogens with one attached hydrogen (secondary N) is 1. The van der Waals surface area contributed by atoms with E-state index < -0.39 is 20.0 Å². The first-order valence-corrected chi connectivity index (χ1v) is 33.6. The summed E-state index contributed by atoms with van der Waals surface area (Å²) in [6, 6.07) is -0.906. The van der Waals surface area contributed by atoms with Crippen molar-refractivity contribution >= 4 is 13.7 Å². The van der Waals surface area contributed by atoms with E-state index in [0.29, 0.717) is 17.4 Å². The molecule has 1 amide bonds. The van der Waals surface area contributed by atoms with Crippen molar-refractivity contribution in [2.45, 2.75) is 264 Å². The second-order valence-corrected chi connectivity index (χ2v) is 23.8. The number of aliphatic hydroxyl groups excluding tert-OH is 1. The summed E-state index contributed by atoms with van der Waals surface area (Å²) in [4.78, 5) is 23.3. The van der Waals surface area contributed by atoms with E-state index in [1.54, 1.807) is 6.08 Å². The number of phosphoric ester groups is 1. The molecule has 8 nitrogen and oxygen atoms in total. The minimum atomic E-state index is -4.39. The normalized spacial score (nSPS) is 14.7. The summed E-state index contributed by atoms with van der Waals surface area (Å²) in [5.41, 5.74) is 0. The zero-order valence-corrected chi connectivity index (χ0v) is 52.5. The van der Waals surface area contributed by atoms with Gasteiger partial charge in [0.2, 0.25) is 5.91 Å². The first kappa shape index (κ1) is 75.6. The van der Waals surface area contributed by atoms with Gasteiger partial charge in [0.15, 0.2) is 0 Å². The third-order valence-electron chi connectivity index (χ3n) is 13.6. The number of hydrogen-bond donors (Lipinski definition) is 3. The number of quaternary nitrogens is 1. The molecule has 452 valence electrons. The van der Waals surface area contributed by atoms with Gasteiger partial charge in [-0.15, -0.1) is 0 Å². The van der Waals surface area contributed by atoms with E-state index in [0.717, 1.165) is 83.5 Å². The number of nitrogens with zero attached hydrogens (tertiary/aromatic N) is 1. The number of likely N-dealkylation sites (N-methyl/N-ethyl adjacent to an activating group) is 1. The van der Waals surface area contributed by atoms with Crippen molar-refractivity contribution in [1.82, 2.24) is 5.32 Å². The molecule has 0 aliphatic rings. The summed E-state index contributed by atoms with van der Waals surface area (Å²) in [6.45, 7) is 4.64. The monoisotopic (exact) mass is 1120 g/mol. The van der Waals surface area contributed by atoms with E-state index in [9.17, 15) is 19.4 Å². The zero-order chi connectivity index (χ0) is 57.7. The van der Waals surface area contributed by atoms with Gasteiger partial charge >= 0.3 is 7.82 Å². The summed E-state index contributed by atoms with van der Waals surface area (Å²) >= 11 is 0. The van der Waals surface area contributed by atoms with Crippen LogP contribution in [-0.2, 0) is 18.4 Å². The number of hydrogen-bond acceptors (Lipinski definition) is 5. The van der Waals surface area contributed by atoms with Crippen molar-refractivity contribution in [2.75, 3.05) is 40.9 Å². The Kier molecular flexibility index (Phi) is 56.7. The van der Waals surface area contributed by atoms with Crippen molar-refractivity contribution in [2.24, 2.45) is 0 Å². The molecule has 0 aromatic heterocycles. The van der Waals surface area contributed by atoms with Gasteiger partial charge in [0.25, 0.3) is 0 Å². The number of rotatable bonds is 57. The molecule has 0 saturated heterocycles. The fourth-order valence-electron chi connectivity index (χ4n) is 8.65. The van der Waals surface area contributed by atoms with Crippen LogP contribution in [0.1, 0.15) is 251 Å². The maximum atomic E-state index is 13.0. The van der Waals surface area contributed by atoms with Crippen LogP contribution >= 0.6 is 7.82 Å². The van der Waals surface area contributed by atoms with Crippen LogP contribution in [0.5, 0.6) is 0 Å². The Morgan fingerprint density at radius 3 is 1.16 bits per heavy atom. The van der Waals surface area contributed by atoms with Gasteiger partial charge in [0.05, 0.1) is 39.9 Å². The highest BCUT2D eigenvalue weighted by atomic mass is 31.2. The number of aliphatic hydroxyl groups is 1. The number of amides is 1. The molecule has 0 radical (unpaired) electrons. The van der Waals surface area contributed by atoms with Crippen molar-refractivity contribution in [3.8, 4) is 0 Å². The molecule has 0 heterocycles. The molecule has 9 heteroatoms. The summed E-state index contributed by atoms with van der Waals surface area (Å²) < 4.78 is 23.7. The van der Waals surface area contributed by atoms with Gasteiger partial charge in [0, 0.05) is 6.42 Å². The van der Waals surface area contributed by atoms with Gasteiger partial charge in [-0.3, -0.25) is 13.8 Å². The zero-order valence-electron chi connectivity index (χ0n) is 51.6.